The highest BCUT2D eigenvalue weighted by molar-refractivity contribution is 7.80. The first-order chi connectivity index (χ1) is 14.2. The summed E-state index contributed by atoms with van der Waals surface area (Å²) in [6, 6.07) is 13.6. The number of nitrogens with one attached hydrogen (secondary N) is 1. The fraction of sp³-hybridized carbons (Fsp3) is 0.522. The molecule has 1 aliphatic rings. The summed E-state index contributed by atoms with van der Waals surface area (Å²) in [6.07, 6.45) is 3.44. The van der Waals surface area contributed by atoms with E-state index in [1.54, 1.807) is 0 Å². The molecule has 0 spiro atoms. The van der Waals surface area contributed by atoms with Crippen LogP contribution in [-0.2, 0) is 16.0 Å². The third-order valence-electron chi connectivity index (χ3n) is 5.54. The second kappa shape index (κ2) is 9.79. The number of hydrogen-bond acceptors (Lipinski definition) is 4. The fourth-order valence-electron chi connectivity index (χ4n) is 4.06. The van der Waals surface area contributed by atoms with Gasteiger partial charge >= 0.3 is 6.09 Å². The summed E-state index contributed by atoms with van der Waals surface area (Å²) in [6.45, 7) is 6.62. The molecule has 3 rings (SSSR count). The maximum Gasteiger partial charge on any atom is 0.407 e. The number of fused-ring (bicyclic) bond motifs is 1. The SMILES string of the molecule is CC(C)(C)OC(=O)NCC1CCC(CN(c2cccc3ccccc23)S(=O)[O-])CC1. The van der Waals surface area contributed by atoms with Crippen LogP contribution in [0.25, 0.3) is 10.8 Å². The van der Waals surface area contributed by atoms with Gasteiger partial charge in [0.15, 0.2) is 0 Å². The molecule has 7 heteroatoms. The summed E-state index contributed by atoms with van der Waals surface area (Å²) in [5, 5.41) is 4.83. The molecule has 2 aromatic rings. The van der Waals surface area contributed by atoms with Crippen molar-refractivity contribution < 1.29 is 18.3 Å². The van der Waals surface area contributed by atoms with E-state index in [1.165, 1.54) is 4.31 Å². The first-order valence-electron chi connectivity index (χ1n) is 10.5. The van der Waals surface area contributed by atoms with Crippen molar-refractivity contribution in [3.05, 3.63) is 42.5 Å². The Morgan fingerprint density at radius 2 is 1.73 bits per heavy atom. The van der Waals surface area contributed by atoms with Gasteiger partial charge in [0.2, 0.25) is 0 Å². The van der Waals surface area contributed by atoms with E-state index in [0.717, 1.165) is 42.1 Å². The van der Waals surface area contributed by atoms with Crippen LogP contribution in [0.2, 0.25) is 0 Å². The molecular formula is C23H31N2O4S-. The maximum atomic E-state index is 12.0. The molecule has 164 valence electrons. The predicted molar refractivity (Wildman–Crippen MR) is 120 cm³/mol. The average Bonchev–Trinajstić information content (AvgIpc) is 2.69. The van der Waals surface area contributed by atoms with Gasteiger partial charge in [-0.05, 0) is 69.7 Å². The number of benzene rings is 2. The van der Waals surface area contributed by atoms with Gasteiger partial charge in [-0.2, -0.15) is 0 Å². The molecule has 1 atom stereocenters. The molecule has 1 amide bonds. The third kappa shape index (κ3) is 6.19. The first-order valence-corrected chi connectivity index (χ1v) is 11.6. The second-order valence-electron chi connectivity index (χ2n) is 9.05. The summed E-state index contributed by atoms with van der Waals surface area (Å²) in [7, 11) is 0. The lowest BCUT2D eigenvalue weighted by molar-refractivity contribution is 0.0513. The van der Waals surface area contributed by atoms with E-state index in [2.05, 4.69) is 5.32 Å². The lowest BCUT2D eigenvalue weighted by Crippen LogP contribution is -2.37. The van der Waals surface area contributed by atoms with Crippen molar-refractivity contribution in [1.29, 1.82) is 0 Å². The van der Waals surface area contributed by atoms with Gasteiger partial charge < -0.3 is 18.9 Å². The summed E-state index contributed by atoms with van der Waals surface area (Å²) < 4.78 is 30.9. The number of rotatable bonds is 6. The van der Waals surface area contributed by atoms with E-state index in [9.17, 15) is 13.6 Å². The Bertz CT molecular complexity index is 883. The summed E-state index contributed by atoms with van der Waals surface area (Å²) in [5.41, 5.74) is 0.232. The van der Waals surface area contributed by atoms with Gasteiger partial charge in [-0.25, -0.2) is 4.79 Å². The van der Waals surface area contributed by atoms with E-state index < -0.39 is 16.9 Å². The highest BCUT2D eigenvalue weighted by atomic mass is 32.2. The van der Waals surface area contributed by atoms with Crippen molar-refractivity contribution in [2.24, 2.45) is 11.8 Å². The molecule has 1 N–H and O–H groups in total. The van der Waals surface area contributed by atoms with Gasteiger partial charge in [-0.3, -0.25) is 4.21 Å². The quantitative estimate of drug-likeness (QED) is 0.668. The molecule has 1 aliphatic carbocycles. The Kier molecular flexibility index (Phi) is 7.36. The third-order valence-corrected chi connectivity index (χ3v) is 6.25. The zero-order chi connectivity index (χ0) is 21.7. The topological polar surface area (TPSA) is 81.7 Å². The Labute approximate surface area is 181 Å². The largest absolute Gasteiger partial charge is 0.755 e. The van der Waals surface area contributed by atoms with Crippen LogP contribution in [0, 0.1) is 11.8 Å². The number of nitrogens with zero attached hydrogens (tertiary/aromatic N) is 1. The van der Waals surface area contributed by atoms with Crippen LogP contribution < -0.4 is 9.62 Å². The fourth-order valence-corrected chi connectivity index (χ4v) is 4.71. The minimum Gasteiger partial charge on any atom is -0.755 e. The monoisotopic (exact) mass is 431 g/mol. The summed E-state index contributed by atoms with van der Waals surface area (Å²) in [4.78, 5) is 11.8. The second-order valence-corrected chi connectivity index (χ2v) is 9.92. The lowest BCUT2D eigenvalue weighted by atomic mass is 9.82. The Morgan fingerprint density at radius 3 is 2.40 bits per heavy atom. The van der Waals surface area contributed by atoms with Crippen LogP contribution in [-0.4, -0.2) is 33.5 Å². The van der Waals surface area contributed by atoms with Gasteiger partial charge in [-0.1, -0.05) is 36.4 Å². The smallest absolute Gasteiger partial charge is 0.407 e. The number of carbonyl (C=O) groups excluding carboxylic acids is 1. The van der Waals surface area contributed by atoms with Gasteiger partial charge in [-0.15, -0.1) is 0 Å². The van der Waals surface area contributed by atoms with Crippen LogP contribution in [0.1, 0.15) is 46.5 Å². The van der Waals surface area contributed by atoms with Crippen molar-refractivity contribution in [1.82, 2.24) is 5.32 Å². The summed E-state index contributed by atoms with van der Waals surface area (Å²) >= 11 is -2.33. The number of carbonyl (C=O) groups is 1. The number of anilines is 1. The molecule has 0 saturated heterocycles. The minimum absolute atomic E-state index is 0.305. The van der Waals surface area contributed by atoms with Crippen molar-refractivity contribution in [2.75, 3.05) is 17.4 Å². The molecule has 1 unspecified atom stereocenters. The normalized spacial score (nSPS) is 20.5. The number of amides is 1. The van der Waals surface area contributed by atoms with Crippen molar-refractivity contribution in [3.8, 4) is 0 Å². The predicted octanol–water partition coefficient (Wildman–Crippen LogP) is 4.77. The zero-order valence-electron chi connectivity index (χ0n) is 17.9. The Morgan fingerprint density at radius 1 is 1.10 bits per heavy atom. The Hall–Kier alpha value is -2.12. The van der Waals surface area contributed by atoms with Crippen molar-refractivity contribution in [3.63, 3.8) is 0 Å². The molecular weight excluding hydrogens is 400 g/mol. The molecule has 0 aliphatic heterocycles. The van der Waals surface area contributed by atoms with Crippen LogP contribution in [0.4, 0.5) is 10.5 Å². The maximum absolute atomic E-state index is 12.0. The molecule has 6 nitrogen and oxygen atoms in total. The van der Waals surface area contributed by atoms with Crippen LogP contribution in [0.3, 0.4) is 0 Å². The summed E-state index contributed by atoms with van der Waals surface area (Å²) in [5.74, 6) is 0.706. The van der Waals surface area contributed by atoms with Crippen LogP contribution >= 0.6 is 0 Å². The molecule has 30 heavy (non-hydrogen) atoms. The Balaban J connectivity index is 1.56. The lowest BCUT2D eigenvalue weighted by Gasteiger charge is -2.35. The van der Waals surface area contributed by atoms with E-state index in [4.69, 9.17) is 4.74 Å². The van der Waals surface area contributed by atoms with Gasteiger partial charge in [0.1, 0.15) is 5.60 Å². The number of alkyl carbamates (subject to hydrolysis) is 1. The highest BCUT2D eigenvalue weighted by Crippen LogP contribution is 2.33. The van der Waals surface area contributed by atoms with Gasteiger partial charge in [0, 0.05) is 29.7 Å². The standard InChI is InChI=1S/C23H32N2O4S/c1-23(2,3)29-22(26)24-15-17-11-13-18(14-12-17)16-25(30(27)28)21-10-6-8-19-7-4-5-9-20(19)21/h4-10,17-18H,11-16H2,1-3H3,(H,24,26)(H,27,28)/p-1. The molecule has 0 bridgehead atoms. The van der Waals surface area contributed by atoms with E-state index in [0.29, 0.717) is 24.9 Å². The molecule has 0 aromatic heterocycles. The average molecular weight is 432 g/mol. The first kappa shape index (κ1) is 22.6. The van der Waals surface area contributed by atoms with Crippen LogP contribution in [0.15, 0.2) is 42.5 Å². The minimum atomic E-state index is -2.33. The van der Waals surface area contributed by atoms with E-state index >= 15 is 0 Å². The number of hydrogen-bond donors (Lipinski definition) is 1. The van der Waals surface area contributed by atoms with Crippen LogP contribution in [0.5, 0.6) is 0 Å². The van der Waals surface area contributed by atoms with E-state index in [-0.39, 0.29) is 6.09 Å². The van der Waals surface area contributed by atoms with Gasteiger partial charge in [0.25, 0.3) is 0 Å². The molecule has 0 heterocycles. The van der Waals surface area contributed by atoms with E-state index in [1.807, 2.05) is 63.2 Å². The molecule has 1 fully saturated rings. The number of ether oxygens (including phenoxy) is 1. The molecule has 1 saturated carbocycles. The molecule has 0 radical (unpaired) electrons. The zero-order valence-corrected chi connectivity index (χ0v) is 18.7. The van der Waals surface area contributed by atoms with Crippen molar-refractivity contribution in [2.45, 2.75) is 52.1 Å². The molecule has 2 aromatic carbocycles. The van der Waals surface area contributed by atoms with Crippen molar-refractivity contribution >= 4 is 33.8 Å². The van der Waals surface area contributed by atoms with Gasteiger partial charge in [0.05, 0.1) is 5.69 Å². The highest BCUT2D eigenvalue weighted by Gasteiger charge is 2.25.